The SMILES string of the molecule is CCC(C)N1CCN(c2cc(C)c(F)cc2C(C)N)CC1. The van der Waals surface area contributed by atoms with Crippen LogP contribution in [0.5, 0.6) is 0 Å². The Balaban J connectivity index is 2.18. The summed E-state index contributed by atoms with van der Waals surface area (Å²) in [6.45, 7) is 12.3. The third-order valence-corrected chi connectivity index (χ3v) is 4.67. The normalized spacial score (nSPS) is 19.6. The Morgan fingerprint density at radius 1 is 1.19 bits per heavy atom. The van der Waals surface area contributed by atoms with Crippen molar-refractivity contribution in [1.29, 1.82) is 0 Å². The molecule has 21 heavy (non-hydrogen) atoms. The first-order valence-electron chi connectivity index (χ1n) is 7.98. The van der Waals surface area contributed by atoms with Gasteiger partial charge in [0.05, 0.1) is 0 Å². The van der Waals surface area contributed by atoms with Crippen LogP contribution in [0.25, 0.3) is 0 Å². The van der Waals surface area contributed by atoms with Crippen LogP contribution in [0.3, 0.4) is 0 Å². The van der Waals surface area contributed by atoms with Crippen LogP contribution in [0.1, 0.15) is 44.4 Å². The van der Waals surface area contributed by atoms with E-state index in [1.165, 1.54) is 6.42 Å². The summed E-state index contributed by atoms with van der Waals surface area (Å²) >= 11 is 0. The molecule has 1 fully saturated rings. The van der Waals surface area contributed by atoms with Crippen LogP contribution in [-0.2, 0) is 0 Å². The van der Waals surface area contributed by atoms with E-state index in [0.717, 1.165) is 37.4 Å². The maximum Gasteiger partial charge on any atom is 0.126 e. The highest BCUT2D eigenvalue weighted by molar-refractivity contribution is 5.57. The molecule has 0 saturated carbocycles. The minimum atomic E-state index is -0.163. The molecule has 1 aliphatic heterocycles. The second kappa shape index (κ2) is 6.75. The zero-order chi connectivity index (χ0) is 15.6. The summed E-state index contributed by atoms with van der Waals surface area (Å²) in [5.41, 5.74) is 8.74. The number of nitrogens with zero attached hydrogens (tertiary/aromatic N) is 2. The first-order valence-corrected chi connectivity index (χ1v) is 7.98. The highest BCUT2D eigenvalue weighted by Crippen LogP contribution is 2.29. The van der Waals surface area contributed by atoms with Gasteiger partial charge in [0.15, 0.2) is 0 Å². The molecule has 1 saturated heterocycles. The quantitative estimate of drug-likeness (QED) is 0.926. The molecule has 1 heterocycles. The molecule has 0 aromatic heterocycles. The molecule has 0 amide bonds. The van der Waals surface area contributed by atoms with Crippen molar-refractivity contribution in [2.45, 2.75) is 46.2 Å². The van der Waals surface area contributed by atoms with Crippen LogP contribution in [0, 0.1) is 12.7 Å². The van der Waals surface area contributed by atoms with Gasteiger partial charge in [-0.25, -0.2) is 4.39 Å². The lowest BCUT2D eigenvalue weighted by Crippen LogP contribution is -2.49. The Labute approximate surface area is 127 Å². The Morgan fingerprint density at radius 2 is 1.81 bits per heavy atom. The van der Waals surface area contributed by atoms with E-state index in [4.69, 9.17) is 5.73 Å². The first-order chi connectivity index (χ1) is 9.93. The Kier molecular flexibility index (Phi) is 5.22. The minimum Gasteiger partial charge on any atom is -0.369 e. The number of aryl methyl sites for hydroxylation is 1. The predicted molar refractivity (Wildman–Crippen MR) is 87.3 cm³/mol. The molecule has 1 aliphatic rings. The number of benzene rings is 1. The van der Waals surface area contributed by atoms with Crippen molar-refractivity contribution in [2.24, 2.45) is 5.73 Å². The lowest BCUT2D eigenvalue weighted by atomic mass is 10.0. The van der Waals surface area contributed by atoms with Gasteiger partial charge in [-0.1, -0.05) is 6.92 Å². The summed E-state index contributed by atoms with van der Waals surface area (Å²) in [5.74, 6) is -0.163. The number of piperazine rings is 1. The average molecular weight is 293 g/mol. The maximum atomic E-state index is 13.8. The number of hydrogen-bond acceptors (Lipinski definition) is 3. The van der Waals surface area contributed by atoms with Crippen LogP contribution < -0.4 is 10.6 Å². The third kappa shape index (κ3) is 3.55. The molecule has 2 unspecified atom stereocenters. The van der Waals surface area contributed by atoms with E-state index >= 15 is 0 Å². The van der Waals surface area contributed by atoms with Gasteiger partial charge < -0.3 is 10.6 Å². The molecule has 118 valence electrons. The zero-order valence-corrected chi connectivity index (χ0v) is 13.7. The Hall–Kier alpha value is -1.13. The second-order valence-corrected chi connectivity index (χ2v) is 6.23. The molecule has 0 spiro atoms. The van der Waals surface area contributed by atoms with Crippen molar-refractivity contribution < 1.29 is 4.39 Å². The minimum absolute atomic E-state index is 0.150. The van der Waals surface area contributed by atoms with Gasteiger partial charge in [-0.3, -0.25) is 4.90 Å². The van der Waals surface area contributed by atoms with Crippen molar-refractivity contribution in [3.05, 3.63) is 29.1 Å². The van der Waals surface area contributed by atoms with Crippen molar-refractivity contribution >= 4 is 5.69 Å². The van der Waals surface area contributed by atoms with Gasteiger partial charge in [0.1, 0.15) is 5.82 Å². The Bertz CT molecular complexity index is 479. The topological polar surface area (TPSA) is 32.5 Å². The second-order valence-electron chi connectivity index (χ2n) is 6.23. The van der Waals surface area contributed by atoms with Crippen LogP contribution in [0.15, 0.2) is 12.1 Å². The molecule has 4 heteroatoms. The fourth-order valence-corrected chi connectivity index (χ4v) is 2.98. The van der Waals surface area contributed by atoms with Gasteiger partial charge in [0.2, 0.25) is 0 Å². The van der Waals surface area contributed by atoms with E-state index in [1.807, 2.05) is 19.9 Å². The molecule has 2 atom stereocenters. The van der Waals surface area contributed by atoms with Crippen molar-refractivity contribution in [1.82, 2.24) is 4.90 Å². The zero-order valence-electron chi connectivity index (χ0n) is 13.7. The van der Waals surface area contributed by atoms with E-state index in [2.05, 4.69) is 23.6 Å². The van der Waals surface area contributed by atoms with Gasteiger partial charge >= 0.3 is 0 Å². The predicted octanol–water partition coefficient (Wildman–Crippen LogP) is 3.07. The molecular formula is C17H28FN3. The van der Waals surface area contributed by atoms with Gasteiger partial charge in [0, 0.05) is 44.0 Å². The standard InChI is InChI=1S/C17H28FN3/c1-5-13(3)20-6-8-21(9-7-20)17-10-12(2)16(18)11-15(17)14(4)19/h10-11,13-14H,5-9,19H2,1-4H3. The molecule has 2 N–H and O–H groups in total. The molecule has 2 rings (SSSR count). The fraction of sp³-hybridized carbons (Fsp3) is 0.647. The largest absolute Gasteiger partial charge is 0.369 e. The molecular weight excluding hydrogens is 265 g/mol. The van der Waals surface area contributed by atoms with Crippen LogP contribution in [-0.4, -0.2) is 37.1 Å². The molecule has 3 nitrogen and oxygen atoms in total. The summed E-state index contributed by atoms with van der Waals surface area (Å²) in [5, 5.41) is 0. The number of nitrogens with two attached hydrogens (primary N) is 1. The number of halogens is 1. The fourth-order valence-electron chi connectivity index (χ4n) is 2.98. The van der Waals surface area contributed by atoms with Crippen LogP contribution in [0.2, 0.25) is 0 Å². The van der Waals surface area contributed by atoms with Gasteiger partial charge in [-0.05, 0) is 50.5 Å². The van der Waals surface area contributed by atoms with E-state index in [9.17, 15) is 4.39 Å². The molecule has 0 aliphatic carbocycles. The lowest BCUT2D eigenvalue weighted by molar-refractivity contribution is 0.192. The first kappa shape index (κ1) is 16.2. The Morgan fingerprint density at radius 3 is 2.33 bits per heavy atom. The highest BCUT2D eigenvalue weighted by Gasteiger charge is 2.23. The molecule has 1 aromatic carbocycles. The molecule has 0 bridgehead atoms. The molecule has 0 radical (unpaired) electrons. The smallest absolute Gasteiger partial charge is 0.126 e. The van der Waals surface area contributed by atoms with E-state index in [0.29, 0.717) is 11.6 Å². The maximum absolute atomic E-state index is 13.8. The van der Waals surface area contributed by atoms with Gasteiger partial charge in [-0.2, -0.15) is 0 Å². The van der Waals surface area contributed by atoms with E-state index in [-0.39, 0.29) is 11.9 Å². The summed E-state index contributed by atoms with van der Waals surface area (Å²) in [6, 6.07) is 4.04. The number of anilines is 1. The summed E-state index contributed by atoms with van der Waals surface area (Å²) in [4.78, 5) is 4.88. The third-order valence-electron chi connectivity index (χ3n) is 4.67. The summed E-state index contributed by atoms with van der Waals surface area (Å²) < 4.78 is 13.8. The monoisotopic (exact) mass is 293 g/mol. The van der Waals surface area contributed by atoms with Crippen molar-refractivity contribution in [2.75, 3.05) is 31.1 Å². The number of rotatable bonds is 4. The average Bonchev–Trinajstić information content (AvgIpc) is 2.48. The highest BCUT2D eigenvalue weighted by atomic mass is 19.1. The summed E-state index contributed by atoms with van der Waals surface area (Å²) in [7, 11) is 0. The van der Waals surface area contributed by atoms with Crippen molar-refractivity contribution in [3.63, 3.8) is 0 Å². The van der Waals surface area contributed by atoms with E-state index < -0.39 is 0 Å². The van der Waals surface area contributed by atoms with Crippen molar-refractivity contribution in [3.8, 4) is 0 Å². The molecule has 1 aromatic rings. The lowest BCUT2D eigenvalue weighted by Gasteiger charge is -2.40. The van der Waals surface area contributed by atoms with E-state index in [1.54, 1.807) is 6.07 Å². The van der Waals surface area contributed by atoms with Gasteiger partial charge in [0.25, 0.3) is 0 Å². The van der Waals surface area contributed by atoms with Gasteiger partial charge in [-0.15, -0.1) is 0 Å². The van der Waals surface area contributed by atoms with Crippen LogP contribution in [0.4, 0.5) is 10.1 Å². The number of hydrogen-bond donors (Lipinski definition) is 1. The van der Waals surface area contributed by atoms with Crippen LogP contribution >= 0.6 is 0 Å². The summed E-state index contributed by atoms with van der Waals surface area (Å²) in [6.07, 6.45) is 1.18.